The maximum absolute atomic E-state index is 11.8. The number of hydrogen-bond donors (Lipinski definition) is 2. The van der Waals surface area contributed by atoms with Crippen molar-refractivity contribution in [3.8, 4) is 0 Å². The summed E-state index contributed by atoms with van der Waals surface area (Å²) in [7, 11) is 0. The highest BCUT2D eigenvalue weighted by atomic mass is 35.5. The van der Waals surface area contributed by atoms with Gasteiger partial charge in [0, 0.05) is 0 Å². The Morgan fingerprint density at radius 2 is 2.38 bits per heavy atom. The van der Waals surface area contributed by atoms with Crippen molar-refractivity contribution in [2.45, 2.75) is 11.6 Å². The number of aromatic amines is 1. The zero-order valence-electron chi connectivity index (χ0n) is 10.7. The zero-order chi connectivity index (χ0) is 14.7. The van der Waals surface area contributed by atoms with E-state index in [2.05, 4.69) is 25.3 Å². The molecular weight excluding hydrogens is 314 g/mol. The summed E-state index contributed by atoms with van der Waals surface area (Å²) in [6.07, 6.45) is 3.07. The summed E-state index contributed by atoms with van der Waals surface area (Å²) in [5, 5.41) is 3.45. The van der Waals surface area contributed by atoms with Gasteiger partial charge in [0.25, 0.3) is 0 Å². The number of thioether (sulfide) groups is 1. The molecule has 3 aromatic heterocycles. The Bertz CT molecular complexity index is 758. The molecule has 0 fully saturated rings. The van der Waals surface area contributed by atoms with E-state index < -0.39 is 0 Å². The molecule has 0 saturated heterocycles. The fraction of sp³-hybridized carbons (Fsp3) is 0.167. The Labute approximate surface area is 128 Å². The number of nitrogens with zero attached hydrogens (tertiary/aromatic N) is 3. The van der Waals surface area contributed by atoms with E-state index in [1.807, 2.05) is 0 Å². The van der Waals surface area contributed by atoms with Crippen molar-refractivity contribution in [1.29, 1.82) is 0 Å². The number of carbonyl (C=O) groups is 1. The number of furan rings is 1. The third-order valence-corrected chi connectivity index (χ3v) is 3.75. The highest BCUT2D eigenvalue weighted by molar-refractivity contribution is 8.00. The molecular formula is C12H10ClN5O2S. The van der Waals surface area contributed by atoms with Gasteiger partial charge in [-0.25, -0.2) is 9.97 Å². The lowest BCUT2D eigenvalue weighted by Crippen LogP contribution is -2.24. The van der Waals surface area contributed by atoms with Gasteiger partial charge in [-0.15, -0.1) is 0 Å². The van der Waals surface area contributed by atoms with E-state index in [0.29, 0.717) is 28.5 Å². The lowest BCUT2D eigenvalue weighted by atomic mass is 10.4. The molecule has 3 rings (SSSR count). The first kappa shape index (κ1) is 13.9. The van der Waals surface area contributed by atoms with Gasteiger partial charge in [0.05, 0.1) is 24.9 Å². The molecule has 0 atom stereocenters. The van der Waals surface area contributed by atoms with Gasteiger partial charge >= 0.3 is 0 Å². The van der Waals surface area contributed by atoms with Gasteiger partial charge in [-0.05, 0) is 23.7 Å². The number of fused-ring (bicyclic) bond motifs is 1. The van der Waals surface area contributed by atoms with Gasteiger partial charge in [-0.1, -0.05) is 11.8 Å². The molecule has 108 valence electrons. The Morgan fingerprint density at radius 1 is 1.48 bits per heavy atom. The van der Waals surface area contributed by atoms with Gasteiger partial charge in [-0.3, -0.25) is 4.79 Å². The number of nitrogens with one attached hydrogen (secondary N) is 2. The maximum atomic E-state index is 11.8. The van der Waals surface area contributed by atoms with Crippen molar-refractivity contribution in [2.75, 3.05) is 5.75 Å². The predicted molar refractivity (Wildman–Crippen MR) is 78.0 cm³/mol. The first-order valence-corrected chi connectivity index (χ1v) is 7.37. The van der Waals surface area contributed by atoms with Gasteiger partial charge in [-0.2, -0.15) is 4.98 Å². The van der Waals surface area contributed by atoms with Crippen LogP contribution >= 0.6 is 23.4 Å². The summed E-state index contributed by atoms with van der Waals surface area (Å²) >= 11 is 7.09. The number of amides is 1. The highest BCUT2D eigenvalue weighted by Crippen LogP contribution is 2.23. The smallest absolute Gasteiger partial charge is 0.230 e. The van der Waals surface area contributed by atoms with Crippen LogP contribution in [0.5, 0.6) is 0 Å². The van der Waals surface area contributed by atoms with Gasteiger partial charge in [0.15, 0.2) is 5.65 Å². The molecule has 9 heteroatoms. The van der Waals surface area contributed by atoms with Gasteiger partial charge in [0.2, 0.25) is 11.2 Å². The van der Waals surface area contributed by atoms with E-state index in [-0.39, 0.29) is 16.9 Å². The van der Waals surface area contributed by atoms with E-state index in [1.54, 1.807) is 18.4 Å². The topological polar surface area (TPSA) is 96.7 Å². The molecule has 21 heavy (non-hydrogen) atoms. The van der Waals surface area contributed by atoms with Crippen LogP contribution in [0.4, 0.5) is 0 Å². The second kappa shape index (κ2) is 6.15. The molecule has 0 spiro atoms. The number of rotatable bonds is 5. The number of H-pyrrole nitrogens is 1. The van der Waals surface area contributed by atoms with Crippen LogP contribution in [0, 0.1) is 0 Å². The third-order valence-electron chi connectivity index (χ3n) is 2.61. The van der Waals surface area contributed by atoms with Crippen LogP contribution in [-0.2, 0) is 11.3 Å². The Hall–Kier alpha value is -2.06. The van der Waals surface area contributed by atoms with Gasteiger partial charge in [0.1, 0.15) is 16.3 Å². The molecule has 7 nitrogen and oxygen atoms in total. The SMILES string of the molecule is O=C(CSc1nc(Cl)nc2nc[nH]c12)NCc1ccco1. The average molecular weight is 324 g/mol. The van der Waals surface area contributed by atoms with Crippen molar-refractivity contribution in [3.63, 3.8) is 0 Å². The van der Waals surface area contributed by atoms with Gasteiger partial charge < -0.3 is 14.7 Å². The first-order chi connectivity index (χ1) is 10.2. The van der Waals surface area contributed by atoms with Crippen molar-refractivity contribution in [2.24, 2.45) is 0 Å². The van der Waals surface area contributed by atoms with Crippen molar-refractivity contribution >= 4 is 40.4 Å². The number of aromatic nitrogens is 4. The van der Waals surface area contributed by atoms with Crippen molar-refractivity contribution < 1.29 is 9.21 Å². The monoisotopic (exact) mass is 323 g/mol. The summed E-state index contributed by atoms with van der Waals surface area (Å²) in [6, 6.07) is 3.57. The Kier molecular flexibility index (Phi) is 4.07. The van der Waals surface area contributed by atoms with E-state index in [9.17, 15) is 4.79 Å². The lowest BCUT2D eigenvalue weighted by molar-refractivity contribution is -0.118. The van der Waals surface area contributed by atoms with Crippen LogP contribution in [0.1, 0.15) is 5.76 Å². The summed E-state index contributed by atoms with van der Waals surface area (Å²) < 4.78 is 5.14. The summed E-state index contributed by atoms with van der Waals surface area (Å²) in [5.74, 6) is 0.788. The summed E-state index contributed by atoms with van der Waals surface area (Å²) in [4.78, 5) is 26.8. The minimum atomic E-state index is -0.126. The number of carbonyl (C=O) groups excluding carboxylic acids is 1. The number of imidazole rings is 1. The standard InChI is InChI=1S/C12H10ClN5O2S/c13-12-17-10-9(15-6-16-10)11(18-12)21-5-8(19)14-4-7-2-1-3-20-7/h1-3,6H,4-5H2,(H,14,19)(H,15,16,17,18). The fourth-order valence-corrected chi connectivity index (χ4v) is 2.70. The highest BCUT2D eigenvalue weighted by Gasteiger charge is 2.11. The summed E-state index contributed by atoms with van der Waals surface area (Å²) in [5.41, 5.74) is 1.15. The molecule has 3 heterocycles. The third kappa shape index (κ3) is 3.34. The Morgan fingerprint density at radius 3 is 3.19 bits per heavy atom. The normalized spacial score (nSPS) is 10.9. The van der Waals surface area contributed by atoms with E-state index >= 15 is 0 Å². The summed E-state index contributed by atoms with van der Waals surface area (Å²) in [6.45, 7) is 0.358. The molecule has 2 N–H and O–H groups in total. The molecule has 0 aliphatic carbocycles. The van der Waals surface area contributed by atoms with Crippen molar-refractivity contribution in [1.82, 2.24) is 25.3 Å². The fourth-order valence-electron chi connectivity index (χ4n) is 1.67. The molecule has 0 aliphatic heterocycles. The van der Waals surface area contributed by atoms with E-state index in [0.717, 1.165) is 0 Å². The largest absolute Gasteiger partial charge is 0.467 e. The Balaban J connectivity index is 1.61. The van der Waals surface area contributed by atoms with Crippen molar-refractivity contribution in [3.05, 3.63) is 35.8 Å². The quantitative estimate of drug-likeness (QED) is 0.423. The number of halogens is 1. The minimum absolute atomic E-state index is 0.105. The molecule has 0 aliphatic rings. The molecule has 0 radical (unpaired) electrons. The number of hydrogen-bond acceptors (Lipinski definition) is 6. The van der Waals surface area contributed by atoms with E-state index in [4.69, 9.17) is 16.0 Å². The molecule has 0 saturated carbocycles. The average Bonchev–Trinajstić information content (AvgIpc) is 3.13. The second-order valence-electron chi connectivity index (χ2n) is 4.04. The zero-order valence-corrected chi connectivity index (χ0v) is 12.2. The predicted octanol–water partition coefficient (Wildman–Crippen LogP) is 2.01. The van der Waals surface area contributed by atoms with Crippen LogP contribution in [0.3, 0.4) is 0 Å². The lowest BCUT2D eigenvalue weighted by Gasteiger charge is -2.04. The van der Waals surface area contributed by atoms with Crippen LogP contribution in [0.2, 0.25) is 5.28 Å². The molecule has 0 bridgehead atoms. The van der Waals surface area contributed by atoms with E-state index in [1.165, 1.54) is 18.1 Å². The second-order valence-corrected chi connectivity index (χ2v) is 5.35. The van der Waals surface area contributed by atoms with Crippen LogP contribution in [0.25, 0.3) is 11.2 Å². The molecule has 1 amide bonds. The molecule has 0 unspecified atom stereocenters. The van der Waals surface area contributed by atoms with Crippen LogP contribution < -0.4 is 5.32 Å². The molecule has 0 aromatic carbocycles. The van der Waals surface area contributed by atoms with Crippen LogP contribution in [0.15, 0.2) is 34.2 Å². The van der Waals surface area contributed by atoms with Crippen LogP contribution in [-0.4, -0.2) is 31.6 Å². The minimum Gasteiger partial charge on any atom is -0.467 e. The maximum Gasteiger partial charge on any atom is 0.230 e. The first-order valence-electron chi connectivity index (χ1n) is 6.01. The molecule has 3 aromatic rings.